The summed E-state index contributed by atoms with van der Waals surface area (Å²) in [6.45, 7) is 0.538. The van der Waals surface area contributed by atoms with E-state index >= 15 is 0 Å². The van der Waals surface area contributed by atoms with Gasteiger partial charge >= 0.3 is 0 Å². The van der Waals surface area contributed by atoms with Crippen LogP contribution < -0.4 is 5.32 Å². The molecule has 0 saturated heterocycles. The van der Waals surface area contributed by atoms with Crippen LogP contribution in [-0.2, 0) is 22.6 Å². The highest BCUT2D eigenvalue weighted by molar-refractivity contribution is 5.98. The molecule has 1 atom stereocenters. The lowest BCUT2D eigenvalue weighted by molar-refractivity contribution is -0.138. The summed E-state index contributed by atoms with van der Waals surface area (Å²) in [5.74, 6) is -1.04. The average molecular weight is 452 g/mol. The zero-order valence-electron chi connectivity index (χ0n) is 18.6. The molecular weight excluding hydrogens is 426 g/mol. The van der Waals surface area contributed by atoms with Crippen molar-refractivity contribution in [2.45, 2.75) is 24.9 Å². The Labute approximate surface area is 197 Å². The van der Waals surface area contributed by atoms with Gasteiger partial charge in [-0.3, -0.25) is 9.59 Å². The number of nitrogens with zero attached hydrogens (tertiary/aromatic N) is 1. The molecule has 0 saturated carbocycles. The highest BCUT2D eigenvalue weighted by atomic mass is 16.3. The van der Waals surface area contributed by atoms with Gasteiger partial charge < -0.3 is 20.3 Å². The summed E-state index contributed by atoms with van der Waals surface area (Å²) >= 11 is 0. The number of nitrogens with one attached hydrogen (secondary N) is 2. The molecule has 0 radical (unpaired) electrons. The van der Waals surface area contributed by atoms with Crippen LogP contribution in [0.2, 0.25) is 0 Å². The maximum absolute atomic E-state index is 13.4. The van der Waals surface area contributed by atoms with E-state index in [-0.39, 0.29) is 11.8 Å². The third kappa shape index (κ3) is 3.22. The quantitative estimate of drug-likeness (QED) is 0.445. The molecule has 6 nitrogen and oxygen atoms in total. The molecule has 1 aliphatic heterocycles. The van der Waals surface area contributed by atoms with Gasteiger partial charge in [-0.05, 0) is 40.3 Å². The van der Waals surface area contributed by atoms with Gasteiger partial charge in [0.2, 0.25) is 11.8 Å². The van der Waals surface area contributed by atoms with Crippen LogP contribution in [0.5, 0.6) is 0 Å². The SMILES string of the molecule is O=C(NC(CO)C(=O)N1CCc2c([nH]c3ccccc23)C1)C1c2ccccc2-c2ccccc21. The number of H-pyrrole nitrogens is 1. The molecule has 3 N–H and O–H groups in total. The number of hydrogen-bond acceptors (Lipinski definition) is 3. The lowest BCUT2D eigenvalue weighted by atomic mass is 9.95. The third-order valence-electron chi connectivity index (χ3n) is 7.09. The van der Waals surface area contributed by atoms with Crippen LogP contribution in [0.3, 0.4) is 0 Å². The highest BCUT2D eigenvalue weighted by Crippen LogP contribution is 2.44. The molecule has 1 aromatic heterocycles. The molecule has 2 heterocycles. The number of aromatic nitrogens is 1. The molecule has 4 aromatic rings. The summed E-state index contributed by atoms with van der Waals surface area (Å²) in [4.78, 5) is 31.9. The Morgan fingerprint density at radius 1 is 0.971 bits per heavy atom. The van der Waals surface area contributed by atoms with Crippen LogP contribution >= 0.6 is 0 Å². The third-order valence-corrected chi connectivity index (χ3v) is 7.09. The maximum Gasteiger partial charge on any atom is 0.247 e. The molecule has 6 heteroatoms. The van der Waals surface area contributed by atoms with Crippen molar-refractivity contribution in [1.29, 1.82) is 0 Å². The average Bonchev–Trinajstić information content (AvgIpc) is 3.42. The molecule has 6 rings (SSSR count). The van der Waals surface area contributed by atoms with Gasteiger partial charge in [0.25, 0.3) is 0 Å². The predicted molar refractivity (Wildman–Crippen MR) is 130 cm³/mol. The minimum atomic E-state index is -0.988. The Morgan fingerprint density at radius 2 is 1.62 bits per heavy atom. The molecule has 2 aliphatic rings. The Hall–Kier alpha value is -3.90. The monoisotopic (exact) mass is 451 g/mol. The van der Waals surface area contributed by atoms with E-state index in [2.05, 4.69) is 16.4 Å². The fraction of sp³-hybridized carbons (Fsp3) is 0.214. The van der Waals surface area contributed by atoms with Gasteiger partial charge in [0, 0.05) is 23.1 Å². The van der Waals surface area contributed by atoms with E-state index < -0.39 is 18.6 Å². The number of benzene rings is 3. The van der Waals surface area contributed by atoms with E-state index in [1.165, 1.54) is 10.9 Å². The topological polar surface area (TPSA) is 85.4 Å². The number of hydrogen-bond donors (Lipinski definition) is 3. The number of carbonyl (C=O) groups is 2. The van der Waals surface area contributed by atoms with Gasteiger partial charge in [-0.1, -0.05) is 66.7 Å². The van der Waals surface area contributed by atoms with Crippen molar-refractivity contribution in [3.8, 4) is 11.1 Å². The van der Waals surface area contributed by atoms with E-state index in [0.29, 0.717) is 13.1 Å². The van der Waals surface area contributed by atoms with Crippen molar-refractivity contribution in [1.82, 2.24) is 15.2 Å². The molecule has 1 unspecified atom stereocenters. The second-order valence-corrected chi connectivity index (χ2v) is 8.99. The summed E-state index contributed by atoms with van der Waals surface area (Å²) in [5, 5.41) is 14.1. The lowest BCUT2D eigenvalue weighted by Gasteiger charge is -2.30. The zero-order chi connectivity index (χ0) is 23.2. The summed E-state index contributed by atoms with van der Waals surface area (Å²) in [6.07, 6.45) is 0.737. The first-order valence-corrected chi connectivity index (χ1v) is 11.6. The van der Waals surface area contributed by atoms with Crippen molar-refractivity contribution < 1.29 is 14.7 Å². The number of para-hydroxylation sites is 1. The molecule has 170 valence electrons. The number of aromatic amines is 1. The normalized spacial score (nSPS) is 15.5. The summed E-state index contributed by atoms with van der Waals surface area (Å²) in [7, 11) is 0. The molecule has 0 spiro atoms. The van der Waals surface area contributed by atoms with E-state index in [9.17, 15) is 14.7 Å². The van der Waals surface area contributed by atoms with Gasteiger partial charge in [0.1, 0.15) is 6.04 Å². The molecule has 1 aliphatic carbocycles. The first kappa shape index (κ1) is 20.7. The molecule has 2 amide bonds. The van der Waals surface area contributed by atoms with Crippen LogP contribution in [-0.4, -0.2) is 46.0 Å². The van der Waals surface area contributed by atoms with Crippen LogP contribution in [0.25, 0.3) is 22.0 Å². The second kappa shape index (κ2) is 8.15. The van der Waals surface area contributed by atoms with E-state index in [1.807, 2.05) is 66.7 Å². The van der Waals surface area contributed by atoms with E-state index in [1.54, 1.807) is 4.90 Å². The Bertz CT molecular complexity index is 1380. The Balaban J connectivity index is 1.23. The molecule has 0 fully saturated rings. The van der Waals surface area contributed by atoms with Gasteiger partial charge in [-0.15, -0.1) is 0 Å². The Morgan fingerprint density at radius 3 is 2.32 bits per heavy atom. The van der Waals surface area contributed by atoms with Crippen LogP contribution in [0.1, 0.15) is 28.3 Å². The van der Waals surface area contributed by atoms with Crippen LogP contribution in [0.15, 0.2) is 72.8 Å². The first-order valence-electron chi connectivity index (χ1n) is 11.6. The van der Waals surface area contributed by atoms with Crippen LogP contribution in [0, 0.1) is 0 Å². The number of carbonyl (C=O) groups excluding carboxylic acids is 2. The lowest BCUT2D eigenvalue weighted by Crippen LogP contribution is -2.52. The molecule has 3 aromatic carbocycles. The first-order chi connectivity index (χ1) is 16.7. The molecule has 34 heavy (non-hydrogen) atoms. The smallest absolute Gasteiger partial charge is 0.247 e. The number of aliphatic hydroxyl groups excluding tert-OH is 1. The van der Waals surface area contributed by atoms with Crippen molar-refractivity contribution in [3.63, 3.8) is 0 Å². The minimum Gasteiger partial charge on any atom is -0.394 e. The maximum atomic E-state index is 13.4. The predicted octanol–water partition coefficient (Wildman–Crippen LogP) is 3.34. The van der Waals surface area contributed by atoms with E-state index in [0.717, 1.165) is 39.9 Å². The minimum absolute atomic E-state index is 0.264. The number of rotatable bonds is 4. The standard InChI is InChI=1S/C28H25N3O3/c32-16-25(28(34)31-14-13-20-19-9-5-6-12-23(19)29-24(20)15-31)30-27(33)26-21-10-3-1-7-17(21)18-8-2-4-11-22(18)26/h1-12,25-26,29,32H,13-16H2,(H,30,33). The van der Waals surface area contributed by atoms with Gasteiger partial charge in [-0.25, -0.2) is 0 Å². The van der Waals surface area contributed by atoms with Crippen LogP contribution in [0.4, 0.5) is 0 Å². The highest BCUT2D eigenvalue weighted by Gasteiger charge is 2.36. The summed E-state index contributed by atoms with van der Waals surface area (Å²) < 4.78 is 0. The van der Waals surface area contributed by atoms with E-state index in [4.69, 9.17) is 0 Å². The number of amides is 2. The number of aliphatic hydroxyl groups is 1. The largest absolute Gasteiger partial charge is 0.394 e. The molecular formula is C28H25N3O3. The van der Waals surface area contributed by atoms with Crippen molar-refractivity contribution in [2.24, 2.45) is 0 Å². The van der Waals surface area contributed by atoms with Gasteiger partial charge in [0.05, 0.1) is 19.1 Å². The fourth-order valence-corrected chi connectivity index (χ4v) is 5.48. The summed E-state index contributed by atoms with van der Waals surface area (Å²) in [6, 6.07) is 22.9. The van der Waals surface area contributed by atoms with Gasteiger partial charge in [-0.2, -0.15) is 0 Å². The molecule has 0 bridgehead atoms. The second-order valence-electron chi connectivity index (χ2n) is 8.99. The van der Waals surface area contributed by atoms with Crippen molar-refractivity contribution in [2.75, 3.05) is 13.2 Å². The van der Waals surface area contributed by atoms with Crippen molar-refractivity contribution >= 4 is 22.7 Å². The van der Waals surface area contributed by atoms with Gasteiger partial charge in [0.15, 0.2) is 0 Å². The zero-order valence-corrected chi connectivity index (χ0v) is 18.6. The fourth-order valence-electron chi connectivity index (χ4n) is 5.48. The Kier molecular flexibility index (Phi) is 4.96. The van der Waals surface area contributed by atoms with Crippen molar-refractivity contribution in [3.05, 3.63) is 95.2 Å². The number of fused-ring (bicyclic) bond motifs is 6. The summed E-state index contributed by atoms with van der Waals surface area (Å²) in [5.41, 5.74) is 7.23.